The predicted molar refractivity (Wildman–Crippen MR) is 94.5 cm³/mol. The molecule has 2 atom stereocenters. The van der Waals surface area contributed by atoms with Gasteiger partial charge in [0, 0.05) is 44.3 Å². The molecular formula is C19H29N3O. The van der Waals surface area contributed by atoms with Gasteiger partial charge in [-0.3, -0.25) is 4.79 Å². The van der Waals surface area contributed by atoms with Crippen molar-refractivity contribution in [2.45, 2.75) is 39.2 Å². The first-order valence-corrected chi connectivity index (χ1v) is 9.04. The van der Waals surface area contributed by atoms with E-state index in [1.807, 2.05) is 0 Å². The summed E-state index contributed by atoms with van der Waals surface area (Å²) in [6, 6.07) is 8.59. The number of carbonyl (C=O) groups excluding carboxylic acids is 1. The zero-order valence-corrected chi connectivity index (χ0v) is 14.2. The van der Waals surface area contributed by atoms with E-state index in [4.69, 9.17) is 0 Å². The molecular weight excluding hydrogens is 286 g/mol. The van der Waals surface area contributed by atoms with Crippen LogP contribution in [-0.4, -0.2) is 32.1 Å². The zero-order valence-electron chi connectivity index (χ0n) is 14.2. The highest BCUT2D eigenvalue weighted by Gasteiger charge is 2.24. The molecule has 1 heterocycles. The van der Waals surface area contributed by atoms with Gasteiger partial charge < -0.3 is 15.5 Å². The highest BCUT2D eigenvalue weighted by Crippen LogP contribution is 2.28. The summed E-state index contributed by atoms with van der Waals surface area (Å²) in [6.45, 7) is 7.09. The van der Waals surface area contributed by atoms with E-state index < -0.39 is 0 Å². The van der Waals surface area contributed by atoms with Gasteiger partial charge in [0.15, 0.2) is 0 Å². The molecule has 1 aliphatic heterocycles. The molecule has 0 bridgehead atoms. The van der Waals surface area contributed by atoms with E-state index in [-0.39, 0.29) is 11.8 Å². The standard InChI is InChI=1S/C19H29N3O/c1-15-4-2-6-17(12-15)19(23)21-14-16-5-3-7-18(13-16)22-10-8-20-9-11-22/h3,5,7,13,15,17,20H,2,4,6,8-12,14H2,1H3,(H,21,23). The van der Waals surface area contributed by atoms with Crippen LogP contribution in [0.25, 0.3) is 0 Å². The summed E-state index contributed by atoms with van der Waals surface area (Å²) < 4.78 is 0. The van der Waals surface area contributed by atoms with Gasteiger partial charge in [-0.15, -0.1) is 0 Å². The average molecular weight is 315 g/mol. The minimum Gasteiger partial charge on any atom is -0.369 e. The van der Waals surface area contributed by atoms with Gasteiger partial charge in [-0.2, -0.15) is 0 Å². The van der Waals surface area contributed by atoms with Crippen molar-refractivity contribution < 1.29 is 4.79 Å². The second-order valence-corrected chi connectivity index (χ2v) is 7.09. The molecule has 1 aliphatic carbocycles. The minimum absolute atomic E-state index is 0.218. The van der Waals surface area contributed by atoms with Crippen molar-refractivity contribution in [3.63, 3.8) is 0 Å². The van der Waals surface area contributed by atoms with E-state index in [1.54, 1.807) is 0 Å². The molecule has 0 radical (unpaired) electrons. The van der Waals surface area contributed by atoms with Crippen molar-refractivity contribution in [1.29, 1.82) is 0 Å². The number of carbonyl (C=O) groups is 1. The number of hydrogen-bond donors (Lipinski definition) is 2. The lowest BCUT2D eigenvalue weighted by Gasteiger charge is -2.29. The van der Waals surface area contributed by atoms with E-state index in [2.05, 4.69) is 46.7 Å². The molecule has 4 heteroatoms. The topological polar surface area (TPSA) is 44.4 Å². The highest BCUT2D eigenvalue weighted by molar-refractivity contribution is 5.78. The Hall–Kier alpha value is -1.55. The smallest absolute Gasteiger partial charge is 0.223 e. The molecule has 23 heavy (non-hydrogen) atoms. The van der Waals surface area contributed by atoms with Crippen LogP contribution < -0.4 is 15.5 Å². The van der Waals surface area contributed by atoms with Crippen molar-refractivity contribution in [3.05, 3.63) is 29.8 Å². The van der Waals surface area contributed by atoms with Crippen LogP contribution in [0.4, 0.5) is 5.69 Å². The van der Waals surface area contributed by atoms with Crippen molar-refractivity contribution >= 4 is 11.6 Å². The highest BCUT2D eigenvalue weighted by atomic mass is 16.1. The van der Waals surface area contributed by atoms with E-state index >= 15 is 0 Å². The predicted octanol–water partition coefficient (Wildman–Crippen LogP) is 2.54. The van der Waals surface area contributed by atoms with Gasteiger partial charge in [0.1, 0.15) is 0 Å². The summed E-state index contributed by atoms with van der Waals surface area (Å²) in [4.78, 5) is 14.8. The van der Waals surface area contributed by atoms with Crippen molar-refractivity contribution in [2.75, 3.05) is 31.1 Å². The summed E-state index contributed by atoms with van der Waals surface area (Å²) in [5.74, 6) is 1.15. The number of nitrogens with zero attached hydrogens (tertiary/aromatic N) is 1. The lowest BCUT2D eigenvalue weighted by molar-refractivity contribution is -0.126. The molecule has 4 nitrogen and oxygen atoms in total. The second kappa shape index (κ2) is 7.82. The molecule has 0 spiro atoms. The first-order chi connectivity index (χ1) is 11.2. The Morgan fingerprint density at radius 1 is 1.30 bits per heavy atom. The quantitative estimate of drug-likeness (QED) is 0.897. The van der Waals surface area contributed by atoms with Crippen LogP contribution in [0.2, 0.25) is 0 Å². The lowest BCUT2D eigenvalue weighted by atomic mass is 9.82. The monoisotopic (exact) mass is 315 g/mol. The molecule has 2 aliphatic rings. The normalized spacial score (nSPS) is 25.2. The van der Waals surface area contributed by atoms with Crippen LogP contribution in [0, 0.1) is 11.8 Å². The third-order valence-electron chi connectivity index (χ3n) is 5.17. The maximum atomic E-state index is 12.4. The molecule has 1 saturated heterocycles. The summed E-state index contributed by atoms with van der Waals surface area (Å²) >= 11 is 0. The van der Waals surface area contributed by atoms with Gasteiger partial charge in [-0.05, 0) is 36.5 Å². The molecule has 1 aromatic rings. The van der Waals surface area contributed by atoms with E-state index in [0.717, 1.165) is 39.0 Å². The van der Waals surface area contributed by atoms with Crippen molar-refractivity contribution in [2.24, 2.45) is 11.8 Å². The fourth-order valence-electron chi connectivity index (χ4n) is 3.79. The molecule has 2 fully saturated rings. The Balaban J connectivity index is 1.54. The molecule has 1 saturated carbocycles. The van der Waals surface area contributed by atoms with Crippen LogP contribution in [0.1, 0.15) is 38.2 Å². The van der Waals surface area contributed by atoms with Gasteiger partial charge in [-0.1, -0.05) is 31.9 Å². The summed E-state index contributed by atoms with van der Waals surface area (Å²) in [6.07, 6.45) is 4.57. The molecule has 1 aromatic carbocycles. The Kier molecular flexibility index (Phi) is 5.55. The minimum atomic E-state index is 0.218. The maximum Gasteiger partial charge on any atom is 0.223 e. The SMILES string of the molecule is CC1CCCC(C(=O)NCc2cccc(N3CCNCC3)c2)C1. The second-order valence-electron chi connectivity index (χ2n) is 7.09. The van der Waals surface area contributed by atoms with E-state index in [0.29, 0.717) is 12.5 Å². The van der Waals surface area contributed by atoms with Crippen molar-refractivity contribution in [3.8, 4) is 0 Å². The third-order valence-corrected chi connectivity index (χ3v) is 5.17. The van der Waals surface area contributed by atoms with Crippen LogP contribution in [0.5, 0.6) is 0 Å². The molecule has 1 amide bonds. The lowest BCUT2D eigenvalue weighted by Crippen LogP contribution is -2.43. The first-order valence-electron chi connectivity index (χ1n) is 9.04. The molecule has 2 N–H and O–H groups in total. The summed E-state index contributed by atoms with van der Waals surface area (Å²) in [5.41, 5.74) is 2.46. The molecule has 2 unspecified atom stereocenters. The van der Waals surface area contributed by atoms with Gasteiger partial charge in [-0.25, -0.2) is 0 Å². The largest absolute Gasteiger partial charge is 0.369 e. The molecule has 126 valence electrons. The van der Waals surface area contributed by atoms with Crippen LogP contribution in [0.15, 0.2) is 24.3 Å². The Bertz CT molecular complexity index is 525. The number of benzene rings is 1. The zero-order chi connectivity index (χ0) is 16.1. The number of rotatable bonds is 4. The fourth-order valence-corrected chi connectivity index (χ4v) is 3.79. The number of amides is 1. The number of anilines is 1. The third kappa shape index (κ3) is 4.47. The summed E-state index contributed by atoms with van der Waals surface area (Å²) in [7, 11) is 0. The maximum absolute atomic E-state index is 12.4. The number of nitrogens with one attached hydrogen (secondary N) is 2. The Morgan fingerprint density at radius 2 is 2.13 bits per heavy atom. The van der Waals surface area contributed by atoms with Crippen LogP contribution >= 0.6 is 0 Å². The van der Waals surface area contributed by atoms with E-state index in [9.17, 15) is 4.79 Å². The summed E-state index contributed by atoms with van der Waals surface area (Å²) in [5, 5.41) is 6.53. The van der Waals surface area contributed by atoms with Crippen LogP contribution in [-0.2, 0) is 11.3 Å². The van der Waals surface area contributed by atoms with Gasteiger partial charge in [0.25, 0.3) is 0 Å². The Morgan fingerprint density at radius 3 is 2.91 bits per heavy atom. The van der Waals surface area contributed by atoms with E-state index in [1.165, 1.54) is 24.1 Å². The van der Waals surface area contributed by atoms with Crippen LogP contribution in [0.3, 0.4) is 0 Å². The average Bonchev–Trinajstić information content (AvgIpc) is 2.61. The Labute approximate surface area is 139 Å². The number of piperazine rings is 1. The fraction of sp³-hybridized carbons (Fsp3) is 0.632. The molecule has 3 rings (SSSR count). The first kappa shape index (κ1) is 16.3. The van der Waals surface area contributed by atoms with Gasteiger partial charge >= 0.3 is 0 Å². The number of hydrogen-bond acceptors (Lipinski definition) is 3. The van der Waals surface area contributed by atoms with Gasteiger partial charge in [0.05, 0.1) is 0 Å². The van der Waals surface area contributed by atoms with Crippen molar-refractivity contribution in [1.82, 2.24) is 10.6 Å². The van der Waals surface area contributed by atoms with Gasteiger partial charge in [0.2, 0.25) is 5.91 Å². The molecule has 0 aromatic heterocycles.